The van der Waals surface area contributed by atoms with Gasteiger partial charge in [-0.2, -0.15) is 4.99 Å². The minimum Gasteiger partial charge on any atom is -0.444 e. The van der Waals surface area contributed by atoms with Crippen LogP contribution in [0.25, 0.3) is 0 Å². The first-order valence-electron chi connectivity index (χ1n) is 7.15. The van der Waals surface area contributed by atoms with Crippen molar-refractivity contribution in [3.63, 3.8) is 0 Å². The maximum Gasteiger partial charge on any atom is 0.435 e. The van der Waals surface area contributed by atoms with Crippen LogP contribution in [-0.2, 0) is 9.47 Å². The number of nitrogens with one attached hydrogen (secondary N) is 1. The Morgan fingerprint density at radius 3 is 1.90 bits per heavy atom. The van der Waals surface area contributed by atoms with Crippen molar-refractivity contribution < 1.29 is 19.1 Å². The van der Waals surface area contributed by atoms with Crippen molar-refractivity contribution in [2.24, 2.45) is 10.9 Å². The van der Waals surface area contributed by atoms with E-state index in [0.717, 1.165) is 6.42 Å². The molecule has 0 bridgehead atoms. The highest BCUT2D eigenvalue weighted by atomic mass is 16.6. The van der Waals surface area contributed by atoms with E-state index in [0.29, 0.717) is 0 Å². The van der Waals surface area contributed by atoms with Crippen LogP contribution < -0.4 is 5.32 Å². The van der Waals surface area contributed by atoms with Gasteiger partial charge in [-0.3, -0.25) is 5.32 Å². The third-order valence-corrected chi connectivity index (χ3v) is 2.31. The van der Waals surface area contributed by atoms with E-state index in [9.17, 15) is 9.59 Å². The maximum absolute atomic E-state index is 11.8. The van der Waals surface area contributed by atoms with Crippen molar-refractivity contribution in [1.82, 2.24) is 5.32 Å². The summed E-state index contributed by atoms with van der Waals surface area (Å²) in [5.41, 5.74) is -1.25. The van der Waals surface area contributed by atoms with E-state index in [1.165, 1.54) is 0 Å². The summed E-state index contributed by atoms with van der Waals surface area (Å²) in [6.45, 7) is 14.4. The molecule has 0 rings (SSSR count). The van der Waals surface area contributed by atoms with Crippen LogP contribution in [0.2, 0.25) is 0 Å². The van der Waals surface area contributed by atoms with Crippen LogP contribution in [0.15, 0.2) is 4.99 Å². The van der Waals surface area contributed by atoms with Gasteiger partial charge < -0.3 is 9.47 Å². The molecule has 21 heavy (non-hydrogen) atoms. The molecule has 0 saturated heterocycles. The smallest absolute Gasteiger partial charge is 0.435 e. The summed E-state index contributed by atoms with van der Waals surface area (Å²) < 4.78 is 10.3. The number of hydrogen-bond donors (Lipinski definition) is 1. The van der Waals surface area contributed by atoms with Crippen LogP contribution in [0.3, 0.4) is 0 Å². The van der Waals surface area contributed by atoms with E-state index >= 15 is 0 Å². The molecule has 0 aliphatic rings. The molecule has 0 heterocycles. The van der Waals surface area contributed by atoms with E-state index in [2.05, 4.69) is 10.3 Å². The van der Waals surface area contributed by atoms with Gasteiger partial charge in [-0.25, -0.2) is 9.59 Å². The molecule has 2 amide bonds. The van der Waals surface area contributed by atoms with E-state index in [1.807, 2.05) is 13.8 Å². The number of aliphatic imine (C=N–C) groups is 1. The molecule has 0 spiro atoms. The first-order chi connectivity index (χ1) is 9.34. The predicted molar refractivity (Wildman–Crippen MR) is 82.5 cm³/mol. The SMILES string of the molecule is CCC(C)/C(=N\C(=O)OC(C)(C)C)NC(=O)OC(C)(C)C. The van der Waals surface area contributed by atoms with Gasteiger partial charge in [0, 0.05) is 5.92 Å². The van der Waals surface area contributed by atoms with Gasteiger partial charge in [0.2, 0.25) is 0 Å². The van der Waals surface area contributed by atoms with Crippen LogP contribution >= 0.6 is 0 Å². The molecular weight excluding hydrogens is 272 g/mol. The van der Waals surface area contributed by atoms with Crippen molar-refractivity contribution in [2.45, 2.75) is 73.0 Å². The Morgan fingerprint density at radius 2 is 1.52 bits per heavy atom. The molecule has 1 atom stereocenters. The number of amides is 2. The van der Waals surface area contributed by atoms with Crippen molar-refractivity contribution in [2.75, 3.05) is 0 Å². The number of amidine groups is 1. The van der Waals surface area contributed by atoms with Crippen LogP contribution in [0, 0.1) is 5.92 Å². The Labute approximate surface area is 127 Å². The molecule has 1 N–H and O–H groups in total. The Hall–Kier alpha value is -1.59. The lowest BCUT2D eigenvalue weighted by Gasteiger charge is -2.22. The standard InChI is InChI=1S/C15H28N2O4/c1-9-10(2)11(16-12(18)20-14(3,4)5)17-13(19)21-15(6,7)8/h10H,9H2,1-8H3,(H,16,17,18,19). The van der Waals surface area contributed by atoms with Gasteiger partial charge >= 0.3 is 12.2 Å². The van der Waals surface area contributed by atoms with Gasteiger partial charge in [-0.15, -0.1) is 0 Å². The zero-order chi connectivity index (χ0) is 16.8. The van der Waals surface area contributed by atoms with Crippen molar-refractivity contribution in [1.29, 1.82) is 0 Å². The number of hydrogen-bond acceptors (Lipinski definition) is 4. The Balaban J connectivity index is 4.97. The average Bonchev–Trinajstić information content (AvgIpc) is 2.21. The zero-order valence-corrected chi connectivity index (χ0v) is 14.4. The average molecular weight is 300 g/mol. The summed E-state index contributed by atoms with van der Waals surface area (Å²) in [5.74, 6) is 0.158. The molecule has 122 valence electrons. The fourth-order valence-electron chi connectivity index (χ4n) is 1.25. The Kier molecular flexibility index (Phi) is 6.86. The highest BCUT2D eigenvalue weighted by Gasteiger charge is 2.22. The van der Waals surface area contributed by atoms with Crippen molar-refractivity contribution in [3.8, 4) is 0 Å². The molecule has 0 saturated carbocycles. The van der Waals surface area contributed by atoms with E-state index < -0.39 is 23.4 Å². The first kappa shape index (κ1) is 19.4. The van der Waals surface area contributed by atoms with Crippen LogP contribution in [0.5, 0.6) is 0 Å². The molecule has 0 aromatic heterocycles. The summed E-state index contributed by atoms with van der Waals surface area (Å²) in [4.78, 5) is 27.4. The normalized spacial score (nSPS) is 14.4. The van der Waals surface area contributed by atoms with Gasteiger partial charge in [0.05, 0.1) is 0 Å². The van der Waals surface area contributed by atoms with E-state index in [1.54, 1.807) is 41.5 Å². The van der Waals surface area contributed by atoms with Gasteiger partial charge in [0.25, 0.3) is 0 Å². The molecule has 1 unspecified atom stereocenters. The summed E-state index contributed by atoms with van der Waals surface area (Å²) in [6.07, 6.45) is -0.642. The molecule has 6 heteroatoms. The summed E-state index contributed by atoms with van der Waals surface area (Å²) in [5, 5.41) is 2.53. The molecule has 0 fully saturated rings. The van der Waals surface area contributed by atoms with Crippen LogP contribution in [0.1, 0.15) is 61.8 Å². The minimum atomic E-state index is -0.728. The van der Waals surface area contributed by atoms with Crippen molar-refractivity contribution in [3.05, 3.63) is 0 Å². The van der Waals surface area contributed by atoms with Gasteiger partial charge in [-0.1, -0.05) is 13.8 Å². The quantitative estimate of drug-likeness (QED) is 0.620. The third kappa shape index (κ3) is 9.87. The number of alkyl carbamates (subject to hydrolysis) is 1. The highest BCUT2D eigenvalue weighted by Crippen LogP contribution is 2.11. The second kappa shape index (κ2) is 7.43. The number of carbonyl (C=O) groups is 2. The monoisotopic (exact) mass is 300 g/mol. The Bertz CT molecular complexity index is 403. The second-order valence-corrected chi connectivity index (χ2v) is 6.91. The Morgan fingerprint density at radius 1 is 1.05 bits per heavy atom. The lowest BCUT2D eigenvalue weighted by molar-refractivity contribution is 0.0559. The molecule has 0 aromatic carbocycles. The lowest BCUT2D eigenvalue weighted by Crippen LogP contribution is -2.39. The first-order valence-corrected chi connectivity index (χ1v) is 7.15. The molecular formula is C15H28N2O4. The fraction of sp³-hybridized carbons (Fsp3) is 0.800. The zero-order valence-electron chi connectivity index (χ0n) is 14.4. The highest BCUT2D eigenvalue weighted by molar-refractivity contribution is 6.01. The van der Waals surface area contributed by atoms with Gasteiger partial charge in [-0.05, 0) is 48.0 Å². The van der Waals surface area contributed by atoms with Gasteiger partial charge in [0.1, 0.15) is 17.0 Å². The number of carbonyl (C=O) groups excluding carboxylic acids is 2. The third-order valence-electron chi connectivity index (χ3n) is 2.31. The van der Waals surface area contributed by atoms with Crippen LogP contribution in [-0.4, -0.2) is 29.2 Å². The van der Waals surface area contributed by atoms with Crippen LogP contribution in [0.4, 0.5) is 9.59 Å². The lowest BCUT2D eigenvalue weighted by atomic mass is 10.1. The minimum absolute atomic E-state index is 0.0926. The van der Waals surface area contributed by atoms with Gasteiger partial charge in [0.15, 0.2) is 0 Å². The van der Waals surface area contributed by atoms with E-state index in [4.69, 9.17) is 9.47 Å². The fourth-order valence-corrected chi connectivity index (χ4v) is 1.25. The summed E-state index contributed by atoms with van der Waals surface area (Å²) in [6, 6.07) is 0. The maximum atomic E-state index is 11.8. The number of nitrogens with zero attached hydrogens (tertiary/aromatic N) is 1. The summed E-state index contributed by atoms with van der Waals surface area (Å²) in [7, 11) is 0. The molecule has 0 aromatic rings. The summed E-state index contributed by atoms with van der Waals surface area (Å²) >= 11 is 0. The van der Waals surface area contributed by atoms with E-state index in [-0.39, 0.29) is 11.8 Å². The molecule has 0 aliphatic carbocycles. The largest absolute Gasteiger partial charge is 0.444 e. The van der Waals surface area contributed by atoms with Crippen molar-refractivity contribution >= 4 is 18.0 Å². The molecule has 0 aliphatic heterocycles. The number of ether oxygens (including phenoxy) is 2. The predicted octanol–water partition coefficient (Wildman–Crippen LogP) is 3.89. The topological polar surface area (TPSA) is 77.0 Å². The second-order valence-electron chi connectivity index (χ2n) is 6.91. The number of rotatable bonds is 2. The molecule has 0 radical (unpaired) electrons. The molecule has 6 nitrogen and oxygen atoms in total.